The lowest BCUT2D eigenvalue weighted by Gasteiger charge is -2.04. The fourth-order valence-electron chi connectivity index (χ4n) is 2.25. The van der Waals surface area contributed by atoms with E-state index in [4.69, 9.17) is 4.74 Å². The fourth-order valence-corrected chi connectivity index (χ4v) is 2.25. The zero-order chi connectivity index (χ0) is 15.9. The van der Waals surface area contributed by atoms with Gasteiger partial charge in [0.1, 0.15) is 11.4 Å². The molecule has 0 aliphatic heterocycles. The first kappa shape index (κ1) is 16.1. The molecule has 5 nitrogen and oxygen atoms in total. The smallest absolute Gasteiger partial charge is 0.269 e. The van der Waals surface area contributed by atoms with Gasteiger partial charge in [-0.05, 0) is 36.8 Å². The highest BCUT2D eigenvalue weighted by atomic mass is 16.5. The van der Waals surface area contributed by atoms with Crippen molar-refractivity contribution in [3.05, 3.63) is 36.0 Å². The van der Waals surface area contributed by atoms with Crippen molar-refractivity contribution in [3.8, 4) is 17.0 Å². The molecule has 1 N–H and O–H groups in total. The number of ether oxygens (including phenoxy) is 1. The molecule has 2 aromatic rings. The molecule has 118 valence electrons. The van der Waals surface area contributed by atoms with Crippen molar-refractivity contribution in [2.45, 2.75) is 26.2 Å². The highest BCUT2D eigenvalue weighted by Crippen LogP contribution is 2.21. The van der Waals surface area contributed by atoms with Gasteiger partial charge in [0.05, 0.1) is 12.8 Å². The van der Waals surface area contributed by atoms with Crippen LogP contribution in [0.2, 0.25) is 0 Å². The molecule has 0 saturated heterocycles. The second-order valence-corrected chi connectivity index (χ2v) is 5.23. The van der Waals surface area contributed by atoms with E-state index < -0.39 is 0 Å². The SMILES string of the molecule is CCCCCNC(=O)c1cc(-c2ccc(OC)cc2)nn1C. The molecule has 0 atom stereocenters. The van der Waals surface area contributed by atoms with Crippen LogP contribution in [0, 0.1) is 0 Å². The minimum atomic E-state index is -0.0779. The molecule has 0 fully saturated rings. The van der Waals surface area contributed by atoms with Crippen LogP contribution in [-0.4, -0.2) is 29.3 Å². The Morgan fingerprint density at radius 2 is 2.00 bits per heavy atom. The number of nitrogens with one attached hydrogen (secondary N) is 1. The maximum absolute atomic E-state index is 12.2. The normalized spacial score (nSPS) is 10.5. The topological polar surface area (TPSA) is 56.1 Å². The van der Waals surface area contributed by atoms with E-state index >= 15 is 0 Å². The lowest BCUT2D eigenvalue weighted by Crippen LogP contribution is -2.26. The Kier molecular flexibility index (Phi) is 5.58. The second kappa shape index (κ2) is 7.64. The van der Waals surface area contributed by atoms with Crippen LogP contribution < -0.4 is 10.1 Å². The van der Waals surface area contributed by atoms with Crippen LogP contribution in [0.1, 0.15) is 36.7 Å². The van der Waals surface area contributed by atoms with E-state index in [9.17, 15) is 4.79 Å². The predicted molar refractivity (Wildman–Crippen MR) is 87.1 cm³/mol. The van der Waals surface area contributed by atoms with Gasteiger partial charge in [0, 0.05) is 19.2 Å². The molecule has 1 aromatic carbocycles. The zero-order valence-electron chi connectivity index (χ0n) is 13.4. The third-order valence-electron chi connectivity index (χ3n) is 3.56. The number of amides is 1. The molecule has 1 heterocycles. The number of rotatable bonds is 7. The summed E-state index contributed by atoms with van der Waals surface area (Å²) in [4.78, 5) is 12.2. The first-order valence-corrected chi connectivity index (χ1v) is 7.62. The van der Waals surface area contributed by atoms with Crippen molar-refractivity contribution in [1.29, 1.82) is 0 Å². The third kappa shape index (κ3) is 3.87. The molecule has 5 heteroatoms. The van der Waals surface area contributed by atoms with Crippen molar-refractivity contribution < 1.29 is 9.53 Å². The molecule has 0 aliphatic carbocycles. The van der Waals surface area contributed by atoms with Gasteiger partial charge in [-0.15, -0.1) is 0 Å². The number of hydrogen-bond acceptors (Lipinski definition) is 3. The molecule has 1 aromatic heterocycles. The summed E-state index contributed by atoms with van der Waals surface area (Å²) in [7, 11) is 3.42. The Balaban J connectivity index is 2.08. The van der Waals surface area contributed by atoms with Gasteiger partial charge in [0.25, 0.3) is 5.91 Å². The molecule has 0 saturated carbocycles. The quantitative estimate of drug-likeness (QED) is 0.800. The summed E-state index contributed by atoms with van der Waals surface area (Å²) in [6.45, 7) is 2.85. The van der Waals surface area contributed by atoms with Crippen molar-refractivity contribution in [1.82, 2.24) is 15.1 Å². The highest BCUT2D eigenvalue weighted by molar-refractivity contribution is 5.93. The molecule has 0 radical (unpaired) electrons. The number of benzene rings is 1. The molecule has 0 aliphatic rings. The van der Waals surface area contributed by atoms with E-state index in [1.807, 2.05) is 30.3 Å². The van der Waals surface area contributed by atoms with Crippen molar-refractivity contribution in [2.24, 2.45) is 7.05 Å². The van der Waals surface area contributed by atoms with Gasteiger partial charge in [-0.2, -0.15) is 5.10 Å². The number of unbranched alkanes of at least 4 members (excludes halogenated alkanes) is 2. The average Bonchev–Trinajstić information content (AvgIpc) is 2.93. The maximum Gasteiger partial charge on any atom is 0.269 e. The summed E-state index contributed by atoms with van der Waals surface area (Å²) < 4.78 is 6.77. The zero-order valence-corrected chi connectivity index (χ0v) is 13.4. The Morgan fingerprint density at radius 1 is 1.27 bits per heavy atom. The van der Waals surface area contributed by atoms with Crippen LogP contribution in [0.15, 0.2) is 30.3 Å². The Bertz CT molecular complexity index is 617. The van der Waals surface area contributed by atoms with Gasteiger partial charge in [-0.3, -0.25) is 9.48 Å². The molecule has 22 heavy (non-hydrogen) atoms. The molecular formula is C17H23N3O2. The predicted octanol–water partition coefficient (Wildman–Crippen LogP) is 3.02. The number of aromatic nitrogens is 2. The van der Waals surface area contributed by atoms with Gasteiger partial charge >= 0.3 is 0 Å². The Hall–Kier alpha value is -2.30. The summed E-state index contributed by atoms with van der Waals surface area (Å²) in [6.07, 6.45) is 3.28. The van der Waals surface area contributed by atoms with E-state index in [1.54, 1.807) is 18.8 Å². The first-order valence-electron chi connectivity index (χ1n) is 7.62. The molecule has 1 amide bonds. The molecular weight excluding hydrogens is 278 g/mol. The molecule has 0 bridgehead atoms. The number of carbonyl (C=O) groups is 1. The van der Waals surface area contributed by atoms with Gasteiger partial charge in [-0.1, -0.05) is 19.8 Å². The number of nitrogens with zero attached hydrogens (tertiary/aromatic N) is 2. The van der Waals surface area contributed by atoms with Crippen molar-refractivity contribution in [3.63, 3.8) is 0 Å². The van der Waals surface area contributed by atoms with Crippen LogP contribution in [-0.2, 0) is 7.05 Å². The molecule has 0 spiro atoms. The summed E-state index contributed by atoms with van der Waals surface area (Å²) >= 11 is 0. The fraction of sp³-hybridized carbons (Fsp3) is 0.412. The van der Waals surface area contributed by atoms with E-state index in [2.05, 4.69) is 17.3 Å². The Labute approximate surface area is 131 Å². The number of carbonyl (C=O) groups excluding carboxylic acids is 1. The number of hydrogen-bond donors (Lipinski definition) is 1. The number of aryl methyl sites for hydroxylation is 1. The van der Waals surface area contributed by atoms with E-state index in [-0.39, 0.29) is 5.91 Å². The minimum Gasteiger partial charge on any atom is -0.497 e. The second-order valence-electron chi connectivity index (χ2n) is 5.23. The van der Waals surface area contributed by atoms with Crippen LogP contribution >= 0.6 is 0 Å². The van der Waals surface area contributed by atoms with Gasteiger partial charge < -0.3 is 10.1 Å². The number of methoxy groups -OCH3 is 1. The summed E-state index contributed by atoms with van der Waals surface area (Å²) in [5.41, 5.74) is 2.31. The van der Waals surface area contributed by atoms with E-state index in [0.29, 0.717) is 12.2 Å². The van der Waals surface area contributed by atoms with Crippen molar-refractivity contribution in [2.75, 3.05) is 13.7 Å². The highest BCUT2D eigenvalue weighted by Gasteiger charge is 2.13. The lowest BCUT2D eigenvalue weighted by atomic mass is 10.1. The van der Waals surface area contributed by atoms with E-state index in [0.717, 1.165) is 36.3 Å². The summed E-state index contributed by atoms with van der Waals surface area (Å²) in [5.74, 6) is 0.722. The third-order valence-corrected chi connectivity index (χ3v) is 3.56. The van der Waals surface area contributed by atoms with Crippen molar-refractivity contribution >= 4 is 5.91 Å². The molecule has 2 rings (SSSR count). The monoisotopic (exact) mass is 301 g/mol. The Morgan fingerprint density at radius 3 is 2.64 bits per heavy atom. The van der Waals surface area contributed by atoms with Crippen LogP contribution in [0.3, 0.4) is 0 Å². The van der Waals surface area contributed by atoms with Gasteiger partial charge in [0.2, 0.25) is 0 Å². The van der Waals surface area contributed by atoms with Crippen LogP contribution in [0.25, 0.3) is 11.3 Å². The van der Waals surface area contributed by atoms with Gasteiger partial charge in [-0.25, -0.2) is 0 Å². The largest absolute Gasteiger partial charge is 0.497 e. The summed E-state index contributed by atoms with van der Waals surface area (Å²) in [6, 6.07) is 9.45. The average molecular weight is 301 g/mol. The maximum atomic E-state index is 12.2. The van der Waals surface area contributed by atoms with Crippen LogP contribution in [0.5, 0.6) is 5.75 Å². The van der Waals surface area contributed by atoms with Crippen LogP contribution in [0.4, 0.5) is 0 Å². The summed E-state index contributed by atoms with van der Waals surface area (Å²) in [5, 5.41) is 7.35. The standard InChI is InChI=1S/C17H23N3O2/c1-4-5-6-11-18-17(21)16-12-15(19-20(16)2)13-7-9-14(22-3)10-8-13/h7-10,12H,4-6,11H2,1-3H3,(H,18,21). The minimum absolute atomic E-state index is 0.0779. The lowest BCUT2D eigenvalue weighted by molar-refractivity contribution is 0.0943. The van der Waals surface area contributed by atoms with Gasteiger partial charge in [0.15, 0.2) is 0 Å². The molecule has 0 unspecified atom stereocenters. The first-order chi connectivity index (χ1) is 10.7. The van der Waals surface area contributed by atoms with E-state index in [1.165, 1.54) is 0 Å².